The molecule has 2 aliphatic heterocycles. The van der Waals surface area contributed by atoms with E-state index in [0.29, 0.717) is 18.1 Å². The molecule has 1 aromatic carbocycles. The summed E-state index contributed by atoms with van der Waals surface area (Å²) < 4.78 is 0. The molecule has 2 aliphatic carbocycles. The van der Waals surface area contributed by atoms with Gasteiger partial charge in [0, 0.05) is 5.70 Å². The van der Waals surface area contributed by atoms with E-state index in [1.54, 1.807) is 5.57 Å². The third-order valence-electron chi connectivity index (χ3n) is 6.36. The van der Waals surface area contributed by atoms with E-state index in [-0.39, 0.29) is 0 Å². The summed E-state index contributed by atoms with van der Waals surface area (Å²) in [5.74, 6) is 1.16. The molecule has 1 aromatic rings. The van der Waals surface area contributed by atoms with Gasteiger partial charge in [0.25, 0.3) is 0 Å². The van der Waals surface area contributed by atoms with Crippen LogP contribution >= 0.6 is 0 Å². The minimum Gasteiger partial charge on any atom is -0.330 e. The Morgan fingerprint density at radius 2 is 1.79 bits per heavy atom. The maximum Gasteiger partial charge on any atom is 0.199 e. The molecular weight excluding hydrogens is 294 g/mol. The largest absolute Gasteiger partial charge is 0.330 e. The fraction of sp³-hybridized carbons (Fsp3) is 0.571. The van der Waals surface area contributed by atoms with E-state index in [9.17, 15) is 0 Å². The Morgan fingerprint density at radius 1 is 1.00 bits per heavy atom. The fourth-order valence-electron chi connectivity index (χ4n) is 5.14. The van der Waals surface area contributed by atoms with Crippen molar-refractivity contribution in [3.8, 4) is 0 Å². The first kappa shape index (κ1) is 14.6. The van der Waals surface area contributed by atoms with E-state index in [1.807, 2.05) is 0 Å². The lowest BCUT2D eigenvalue weighted by molar-refractivity contribution is 0.199. The lowest BCUT2D eigenvalue weighted by atomic mass is 9.82. The number of nitrogens with one attached hydrogen (secondary N) is 1. The predicted octanol–water partition coefficient (Wildman–Crippen LogP) is 4.45. The fourth-order valence-corrected chi connectivity index (χ4v) is 5.14. The zero-order valence-corrected chi connectivity index (χ0v) is 14.6. The summed E-state index contributed by atoms with van der Waals surface area (Å²) in [6, 6.07) is 10.8. The molecule has 0 spiro atoms. The molecule has 0 aromatic heterocycles. The molecule has 126 valence electrons. The Morgan fingerprint density at radius 3 is 2.67 bits per heavy atom. The standard InChI is InChI=1S/C21H27N3/c1-14-10-12-15(13-11-14)20-16-6-2-3-7-17(16)22-21-23-18-8-4-5-9-19(18)24(20)21/h10-13,18-20H,2-9H2,1H3,(H,22,23)/t18-,19-,20+/m0/s1. The minimum atomic E-state index is 0.411. The van der Waals surface area contributed by atoms with Gasteiger partial charge < -0.3 is 10.2 Å². The second kappa shape index (κ2) is 5.65. The van der Waals surface area contributed by atoms with Crippen LogP contribution in [0.15, 0.2) is 40.5 Å². The Labute approximate surface area is 144 Å². The van der Waals surface area contributed by atoms with Crippen molar-refractivity contribution in [3.63, 3.8) is 0 Å². The van der Waals surface area contributed by atoms with Crippen molar-refractivity contribution >= 4 is 5.96 Å². The van der Waals surface area contributed by atoms with Crippen LogP contribution in [0, 0.1) is 6.92 Å². The number of aryl methyl sites for hydroxylation is 1. The van der Waals surface area contributed by atoms with Crippen molar-refractivity contribution in [2.45, 2.75) is 76.4 Å². The summed E-state index contributed by atoms with van der Waals surface area (Å²) in [7, 11) is 0. The first-order valence-electron chi connectivity index (χ1n) is 9.73. The second-order valence-electron chi connectivity index (χ2n) is 7.93. The monoisotopic (exact) mass is 321 g/mol. The van der Waals surface area contributed by atoms with Crippen molar-refractivity contribution in [2.75, 3.05) is 0 Å². The zero-order chi connectivity index (χ0) is 16.1. The average molecular weight is 321 g/mol. The number of aliphatic imine (C=N–C) groups is 1. The van der Waals surface area contributed by atoms with Gasteiger partial charge in [-0.15, -0.1) is 0 Å². The molecule has 3 atom stereocenters. The van der Waals surface area contributed by atoms with Crippen LogP contribution in [0.25, 0.3) is 0 Å². The highest BCUT2D eigenvalue weighted by atomic mass is 15.4. The Kier molecular flexibility index (Phi) is 3.43. The van der Waals surface area contributed by atoms with Crippen LogP contribution in [0.3, 0.4) is 0 Å². The smallest absolute Gasteiger partial charge is 0.199 e. The van der Waals surface area contributed by atoms with Crippen molar-refractivity contribution in [3.05, 3.63) is 46.7 Å². The van der Waals surface area contributed by atoms with Gasteiger partial charge in [0.05, 0.1) is 18.1 Å². The highest BCUT2D eigenvalue weighted by Gasteiger charge is 2.45. The van der Waals surface area contributed by atoms with E-state index in [1.165, 1.54) is 68.2 Å². The SMILES string of the molecule is Cc1ccc([C@@H]2C3=C(CCCC3)NC3=N[C@H]4CCCC[C@@H]4N32)cc1. The van der Waals surface area contributed by atoms with Crippen LogP contribution in [-0.2, 0) is 0 Å². The first-order valence-corrected chi connectivity index (χ1v) is 9.73. The van der Waals surface area contributed by atoms with Gasteiger partial charge in [-0.3, -0.25) is 0 Å². The third-order valence-corrected chi connectivity index (χ3v) is 6.36. The molecule has 1 saturated carbocycles. The van der Waals surface area contributed by atoms with Crippen LogP contribution in [0.4, 0.5) is 0 Å². The summed E-state index contributed by atoms with van der Waals surface area (Å²) in [4.78, 5) is 7.77. The zero-order valence-electron chi connectivity index (χ0n) is 14.6. The first-order chi connectivity index (χ1) is 11.8. The van der Waals surface area contributed by atoms with Crippen molar-refractivity contribution < 1.29 is 0 Å². The molecule has 3 heteroatoms. The minimum absolute atomic E-state index is 0.411. The molecule has 0 unspecified atom stereocenters. The molecule has 0 bridgehead atoms. The molecule has 0 radical (unpaired) electrons. The third kappa shape index (κ3) is 2.21. The van der Waals surface area contributed by atoms with Crippen molar-refractivity contribution in [1.29, 1.82) is 0 Å². The maximum atomic E-state index is 5.11. The van der Waals surface area contributed by atoms with Crippen molar-refractivity contribution in [2.24, 2.45) is 4.99 Å². The summed E-state index contributed by atoms with van der Waals surface area (Å²) in [6.07, 6.45) is 10.3. The van der Waals surface area contributed by atoms with Crippen LogP contribution in [-0.4, -0.2) is 22.9 Å². The molecular formula is C21H27N3. The molecule has 0 saturated heterocycles. The highest BCUT2D eigenvalue weighted by molar-refractivity contribution is 5.86. The lowest BCUT2D eigenvalue weighted by Gasteiger charge is -2.45. The summed E-state index contributed by atoms with van der Waals surface area (Å²) in [5.41, 5.74) is 5.91. The van der Waals surface area contributed by atoms with Gasteiger partial charge in [0.15, 0.2) is 5.96 Å². The van der Waals surface area contributed by atoms with E-state index in [4.69, 9.17) is 4.99 Å². The van der Waals surface area contributed by atoms with Gasteiger partial charge in [-0.1, -0.05) is 42.7 Å². The lowest BCUT2D eigenvalue weighted by Crippen LogP contribution is -2.52. The van der Waals surface area contributed by atoms with Crippen LogP contribution in [0.2, 0.25) is 0 Å². The number of rotatable bonds is 1. The highest BCUT2D eigenvalue weighted by Crippen LogP contribution is 2.45. The molecule has 2 heterocycles. The normalized spacial score (nSPS) is 31.8. The molecule has 0 amide bonds. The van der Waals surface area contributed by atoms with E-state index < -0.39 is 0 Å². The number of hydrogen-bond acceptors (Lipinski definition) is 3. The Balaban J connectivity index is 1.61. The molecule has 4 aliphatic rings. The number of hydrogen-bond donors (Lipinski definition) is 1. The Bertz CT molecular complexity index is 700. The van der Waals surface area contributed by atoms with Gasteiger partial charge in [-0.05, 0) is 56.6 Å². The molecule has 5 rings (SSSR count). The second-order valence-corrected chi connectivity index (χ2v) is 7.93. The van der Waals surface area contributed by atoms with Crippen LogP contribution < -0.4 is 5.32 Å². The topological polar surface area (TPSA) is 27.6 Å². The van der Waals surface area contributed by atoms with Gasteiger partial charge >= 0.3 is 0 Å². The molecule has 3 nitrogen and oxygen atoms in total. The van der Waals surface area contributed by atoms with Crippen molar-refractivity contribution in [1.82, 2.24) is 10.2 Å². The van der Waals surface area contributed by atoms with Gasteiger partial charge in [0.2, 0.25) is 0 Å². The number of nitrogens with zero attached hydrogens (tertiary/aromatic N) is 2. The maximum absolute atomic E-state index is 5.11. The molecule has 24 heavy (non-hydrogen) atoms. The summed E-state index contributed by atoms with van der Waals surface area (Å²) in [6.45, 7) is 2.18. The summed E-state index contributed by atoms with van der Waals surface area (Å²) in [5, 5.41) is 3.74. The van der Waals surface area contributed by atoms with Crippen LogP contribution in [0.5, 0.6) is 0 Å². The van der Waals surface area contributed by atoms with E-state index >= 15 is 0 Å². The Hall–Kier alpha value is -1.77. The predicted molar refractivity (Wildman–Crippen MR) is 97.9 cm³/mol. The quantitative estimate of drug-likeness (QED) is 0.827. The van der Waals surface area contributed by atoms with E-state index in [2.05, 4.69) is 41.4 Å². The van der Waals surface area contributed by atoms with Gasteiger partial charge in [-0.25, -0.2) is 4.99 Å². The molecule has 1 fully saturated rings. The van der Waals surface area contributed by atoms with Gasteiger partial charge in [-0.2, -0.15) is 0 Å². The van der Waals surface area contributed by atoms with Crippen LogP contribution in [0.1, 0.15) is 68.5 Å². The number of fused-ring (bicyclic) bond motifs is 3. The average Bonchev–Trinajstić information content (AvgIpc) is 2.98. The molecule has 1 N–H and O–H groups in total. The van der Waals surface area contributed by atoms with Gasteiger partial charge in [0.1, 0.15) is 0 Å². The summed E-state index contributed by atoms with van der Waals surface area (Å²) >= 11 is 0. The number of allylic oxidation sites excluding steroid dienone is 1. The number of guanidine groups is 1. The number of benzene rings is 1. The van der Waals surface area contributed by atoms with E-state index in [0.717, 1.165) is 5.96 Å².